The lowest BCUT2D eigenvalue weighted by molar-refractivity contribution is 0.449. The molecule has 0 aliphatic rings. The minimum atomic E-state index is -0.243. The Hall–Kier alpha value is -1.13. The molecule has 1 aromatic heterocycles. The Morgan fingerprint density at radius 1 is 1.41 bits per heavy atom. The molecule has 0 saturated heterocycles. The van der Waals surface area contributed by atoms with E-state index in [4.69, 9.17) is 4.42 Å². The van der Waals surface area contributed by atoms with E-state index >= 15 is 0 Å². The van der Waals surface area contributed by atoms with E-state index in [1.165, 1.54) is 12.1 Å². The highest BCUT2D eigenvalue weighted by atomic mass is 79.9. The second-order valence-electron chi connectivity index (χ2n) is 3.68. The topological polar surface area (TPSA) is 25.2 Å². The molecule has 0 aliphatic carbocycles. The van der Waals surface area contributed by atoms with Gasteiger partial charge in [-0.2, -0.15) is 0 Å². The fraction of sp³-hybridized carbons (Fsp3) is 0.231. The van der Waals surface area contributed by atoms with E-state index in [2.05, 4.69) is 21.2 Å². The number of hydrogen-bond donors (Lipinski definition) is 1. The summed E-state index contributed by atoms with van der Waals surface area (Å²) in [5.74, 6) is 0.519. The molecular weight excluding hydrogens is 285 g/mol. The Kier molecular flexibility index (Phi) is 3.97. The molecule has 2 rings (SSSR count). The molecular formula is C13H13BrFNO. The number of hydrogen-bond acceptors (Lipinski definition) is 2. The molecule has 2 aromatic rings. The van der Waals surface area contributed by atoms with Crippen LogP contribution < -0.4 is 5.32 Å². The Morgan fingerprint density at radius 2 is 2.24 bits per heavy atom. The molecule has 1 N–H and O–H groups in total. The summed E-state index contributed by atoms with van der Waals surface area (Å²) in [7, 11) is 0. The second-order valence-corrected chi connectivity index (χ2v) is 4.53. The largest absolute Gasteiger partial charge is 0.466 e. The van der Waals surface area contributed by atoms with Gasteiger partial charge in [0.15, 0.2) is 0 Å². The van der Waals surface area contributed by atoms with Crippen molar-refractivity contribution in [3.05, 3.63) is 58.2 Å². The number of nitrogens with one attached hydrogen (secondary N) is 1. The standard InChI is InChI=1S/C13H13BrFNO/c1-2-16-12(13-11(14)6-7-17-13)9-4-3-5-10(15)8-9/h3-8,12,16H,2H2,1H3. The first-order chi connectivity index (χ1) is 8.22. The van der Waals surface area contributed by atoms with Gasteiger partial charge in [-0.1, -0.05) is 19.1 Å². The minimum Gasteiger partial charge on any atom is -0.466 e. The molecule has 1 aromatic carbocycles. The Balaban J connectivity index is 2.39. The van der Waals surface area contributed by atoms with Crippen molar-refractivity contribution in [1.29, 1.82) is 0 Å². The van der Waals surface area contributed by atoms with Gasteiger partial charge >= 0.3 is 0 Å². The molecule has 1 atom stereocenters. The van der Waals surface area contributed by atoms with Gasteiger partial charge in [-0.25, -0.2) is 4.39 Å². The zero-order valence-corrected chi connectivity index (χ0v) is 11.0. The number of halogens is 2. The van der Waals surface area contributed by atoms with Crippen molar-refractivity contribution >= 4 is 15.9 Å². The first-order valence-corrected chi connectivity index (χ1v) is 6.23. The first-order valence-electron chi connectivity index (χ1n) is 5.44. The first kappa shape index (κ1) is 12.3. The van der Waals surface area contributed by atoms with E-state index in [-0.39, 0.29) is 11.9 Å². The maximum absolute atomic E-state index is 13.2. The normalized spacial score (nSPS) is 12.6. The van der Waals surface area contributed by atoms with E-state index in [9.17, 15) is 4.39 Å². The van der Waals surface area contributed by atoms with Crippen molar-refractivity contribution in [3.8, 4) is 0 Å². The molecule has 0 radical (unpaired) electrons. The van der Waals surface area contributed by atoms with Crippen LogP contribution in [0.2, 0.25) is 0 Å². The molecule has 0 aliphatic heterocycles. The van der Waals surface area contributed by atoms with Gasteiger partial charge in [0.05, 0.1) is 16.8 Å². The van der Waals surface area contributed by atoms with Gasteiger partial charge in [0.25, 0.3) is 0 Å². The van der Waals surface area contributed by atoms with Crippen molar-refractivity contribution in [2.75, 3.05) is 6.54 Å². The fourth-order valence-electron chi connectivity index (χ4n) is 1.76. The summed E-state index contributed by atoms with van der Waals surface area (Å²) in [6.45, 7) is 2.78. The fourth-order valence-corrected chi connectivity index (χ4v) is 2.19. The van der Waals surface area contributed by atoms with Crippen LogP contribution in [0.1, 0.15) is 24.3 Å². The molecule has 2 nitrogen and oxygen atoms in total. The van der Waals surface area contributed by atoms with E-state index < -0.39 is 0 Å². The average Bonchev–Trinajstić information content (AvgIpc) is 2.72. The van der Waals surface area contributed by atoms with Crippen LogP contribution in [-0.4, -0.2) is 6.54 Å². The highest BCUT2D eigenvalue weighted by Gasteiger charge is 2.19. The van der Waals surface area contributed by atoms with Crippen molar-refractivity contribution in [3.63, 3.8) is 0 Å². The van der Waals surface area contributed by atoms with Gasteiger partial charge in [0.2, 0.25) is 0 Å². The molecule has 0 saturated carbocycles. The highest BCUT2D eigenvalue weighted by molar-refractivity contribution is 9.10. The number of rotatable bonds is 4. The number of benzene rings is 1. The Bertz CT molecular complexity index is 498. The van der Waals surface area contributed by atoms with Gasteiger partial charge < -0.3 is 9.73 Å². The summed E-state index contributed by atoms with van der Waals surface area (Å²) in [5, 5.41) is 3.28. The highest BCUT2D eigenvalue weighted by Crippen LogP contribution is 2.29. The monoisotopic (exact) mass is 297 g/mol. The third-order valence-electron chi connectivity index (χ3n) is 2.50. The summed E-state index contributed by atoms with van der Waals surface area (Å²) in [4.78, 5) is 0. The van der Waals surface area contributed by atoms with E-state index in [0.717, 1.165) is 22.3 Å². The molecule has 0 fully saturated rings. The summed E-state index contributed by atoms with van der Waals surface area (Å²) in [6, 6.07) is 8.22. The van der Waals surface area contributed by atoms with Crippen molar-refractivity contribution in [2.24, 2.45) is 0 Å². The number of furan rings is 1. The molecule has 4 heteroatoms. The third-order valence-corrected chi connectivity index (χ3v) is 3.15. The quantitative estimate of drug-likeness (QED) is 0.926. The summed E-state index contributed by atoms with van der Waals surface area (Å²) in [6.07, 6.45) is 1.61. The van der Waals surface area contributed by atoms with E-state index in [0.29, 0.717) is 0 Å². The molecule has 0 spiro atoms. The summed E-state index contributed by atoms with van der Waals surface area (Å²) >= 11 is 3.43. The van der Waals surface area contributed by atoms with Crippen LogP contribution >= 0.6 is 15.9 Å². The van der Waals surface area contributed by atoms with Gasteiger partial charge in [-0.15, -0.1) is 0 Å². The van der Waals surface area contributed by atoms with Crippen molar-refractivity contribution in [2.45, 2.75) is 13.0 Å². The summed E-state index contributed by atoms with van der Waals surface area (Å²) < 4.78 is 19.6. The van der Waals surface area contributed by atoms with Crippen LogP contribution in [0.5, 0.6) is 0 Å². The van der Waals surface area contributed by atoms with Crippen LogP contribution in [0.15, 0.2) is 45.5 Å². The van der Waals surface area contributed by atoms with E-state index in [1.807, 2.05) is 19.1 Å². The molecule has 17 heavy (non-hydrogen) atoms. The van der Waals surface area contributed by atoms with Gasteiger partial charge in [0.1, 0.15) is 11.6 Å². The maximum Gasteiger partial charge on any atom is 0.139 e. The van der Waals surface area contributed by atoms with Crippen LogP contribution in [0.3, 0.4) is 0 Å². The molecule has 0 bridgehead atoms. The summed E-state index contributed by atoms with van der Waals surface area (Å²) in [5.41, 5.74) is 0.850. The van der Waals surface area contributed by atoms with Gasteiger partial charge in [0, 0.05) is 0 Å². The molecule has 90 valence electrons. The Labute approximate surface area is 108 Å². The van der Waals surface area contributed by atoms with Crippen molar-refractivity contribution < 1.29 is 8.81 Å². The second kappa shape index (κ2) is 5.47. The predicted molar refractivity (Wildman–Crippen MR) is 68.3 cm³/mol. The van der Waals surface area contributed by atoms with Crippen LogP contribution in [0, 0.1) is 5.82 Å². The molecule has 0 amide bonds. The lowest BCUT2D eigenvalue weighted by Crippen LogP contribution is -2.21. The Morgan fingerprint density at radius 3 is 2.82 bits per heavy atom. The average molecular weight is 298 g/mol. The van der Waals surface area contributed by atoms with Crippen LogP contribution in [-0.2, 0) is 0 Å². The van der Waals surface area contributed by atoms with Gasteiger partial charge in [-0.3, -0.25) is 0 Å². The lowest BCUT2D eigenvalue weighted by atomic mass is 10.0. The van der Waals surface area contributed by atoms with Crippen molar-refractivity contribution in [1.82, 2.24) is 5.32 Å². The zero-order valence-electron chi connectivity index (χ0n) is 9.41. The smallest absolute Gasteiger partial charge is 0.139 e. The molecule has 1 heterocycles. The zero-order chi connectivity index (χ0) is 12.3. The third kappa shape index (κ3) is 2.76. The van der Waals surface area contributed by atoms with E-state index in [1.54, 1.807) is 12.3 Å². The predicted octanol–water partition coefficient (Wildman–Crippen LogP) is 3.88. The van der Waals surface area contributed by atoms with Gasteiger partial charge in [-0.05, 0) is 46.2 Å². The molecule has 1 unspecified atom stereocenters. The maximum atomic E-state index is 13.2. The minimum absolute atomic E-state index is 0.139. The van der Waals surface area contributed by atoms with Crippen LogP contribution in [0.25, 0.3) is 0 Å². The van der Waals surface area contributed by atoms with Crippen LogP contribution in [0.4, 0.5) is 4.39 Å². The SMILES string of the molecule is CCNC(c1cccc(F)c1)c1occc1Br. The lowest BCUT2D eigenvalue weighted by Gasteiger charge is -2.16.